The topological polar surface area (TPSA) is 83.6 Å². The standard InChI is InChI=1S/C14H20N2O3/c1-10-4-3-5-11(8-10)6-7-16(2)14(19)12(15)9-13(17)18/h3-5,8,12H,6-7,9,15H2,1-2H3,(H,17,18). The molecule has 1 atom stereocenters. The van der Waals surface area contributed by atoms with Crippen LogP contribution in [0.1, 0.15) is 17.5 Å². The molecule has 0 spiro atoms. The molecule has 1 aromatic carbocycles. The largest absolute Gasteiger partial charge is 0.481 e. The highest BCUT2D eigenvalue weighted by Gasteiger charge is 2.20. The summed E-state index contributed by atoms with van der Waals surface area (Å²) in [6.07, 6.45) is 0.386. The number of carbonyl (C=O) groups excluding carboxylic acids is 1. The van der Waals surface area contributed by atoms with E-state index in [-0.39, 0.29) is 12.3 Å². The number of carboxylic acid groups (broad SMARTS) is 1. The molecule has 1 unspecified atom stereocenters. The third kappa shape index (κ3) is 5.09. The first-order chi connectivity index (χ1) is 8.90. The zero-order valence-electron chi connectivity index (χ0n) is 11.3. The summed E-state index contributed by atoms with van der Waals surface area (Å²) in [6.45, 7) is 2.54. The molecule has 0 bridgehead atoms. The van der Waals surface area contributed by atoms with E-state index in [4.69, 9.17) is 10.8 Å². The Morgan fingerprint density at radius 2 is 2.11 bits per heavy atom. The van der Waals surface area contributed by atoms with E-state index in [2.05, 4.69) is 6.07 Å². The summed E-state index contributed by atoms with van der Waals surface area (Å²) in [5, 5.41) is 8.60. The summed E-state index contributed by atoms with van der Waals surface area (Å²) >= 11 is 0. The molecular formula is C14H20N2O3. The Kier molecular flexibility index (Phi) is 5.51. The molecule has 19 heavy (non-hydrogen) atoms. The second kappa shape index (κ2) is 6.89. The lowest BCUT2D eigenvalue weighted by Crippen LogP contribution is -2.43. The molecule has 0 aliphatic heterocycles. The van der Waals surface area contributed by atoms with Gasteiger partial charge in [0.05, 0.1) is 12.5 Å². The van der Waals surface area contributed by atoms with E-state index in [1.165, 1.54) is 10.5 Å². The minimum atomic E-state index is -1.06. The van der Waals surface area contributed by atoms with Gasteiger partial charge in [0.25, 0.3) is 0 Å². The first kappa shape index (κ1) is 15.2. The Morgan fingerprint density at radius 1 is 1.42 bits per heavy atom. The fourth-order valence-corrected chi connectivity index (χ4v) is 1.83. The van der Waals surface area contributed by atoms with Crippen molar-refractivity contribution in [3.05, 3.63) is 35.4 Å². The van der Waals surface area contributed by atoms with Gasteiger partial charge in [0.2, 0.25) is 5.91 Å². The molecule has 5 nitrogen and oxygen atoms in total. The maximum Gasteiger partial charge on any atom is 0.305 e. The molecule has 0 saturated heterocycles. The maximum absolute atomic E-state index is 11.8. The van der Waals surface area contributed by atoms with Crippen molar-refractivity contribution in [3.63, 3.8) is 0 Å². The monoisotopic (exact) mass is 264 g/mol. The summed E-state index contributed by atoms with van der Waals surface area (Å²) in [7, 11) is 1.64. The molecule has 1 aromatic rings. The van der Waals surface area contributed by atoms with Crippen LogP contribution in [0.2, 0.25) is 0 Å². The summed E-state index contributed by atoms with van der Waals surface area (Å²) < 4.78 is 0. The molecule has 1 amide bonds. The number of amides is 1. The molecule has 0 aromatic heterocycles. The van der Waals surface area contributed by atoms with Gasteiger partial charge >= 0.3 is 5.97 Å². The Hall–Kier alpha value is -1.88. The van der Waals surface area contributed by atoms with Crippen LogP contribution in [-0.4, -0.2) is 41.5 Å². The number of likely N-dealkylation sites (N-methyl/N-ethyl adjacent to an activating group) is 1. The SMILES string of the molecule is Cc1cccc(CCN(C)C(=O)C(N)CC(=O)O)c1. The number of carbonyl (C=O) groups is 2. The van der Waals surface area contributed by atoms with Crippen LogP contribution in [0.5, 0.6) is 0 Å². The molecule has 1 rings (SSSR count). The van der Waals surface area contributed by atoms with Crippen LogP contribution in [0.4, 0.5) is 0 Å². The molecule has 5 heteroatoms. The number of carboxylic acids is 1. The molecule has 0 aliphatic carbocycles. The quantitative estimate of drug-likeness (QED) is 0.796. The first-order valence-corrected chi connectivity index (χ1v) is 6.18. The van der Waals surface area contributed by atoms with Gasteiger partial charge in [0.15, 0.2) is 0 Å². The first-order valence-electron chi connectivity index (χ1n) is 6.18. The average molecular weight is 264 g/mol. The molecular weight excluding hydrogens is 244 g/mol. The van der Waals surface area contributed by atoms with Crippen LogP contribution in [-0.2, 0) is 16.0 Å². The average Bonchev–Trinajstić information content (AvgIpc) is 2.34. The van der Waals surface area contributed by atoms with E-state index in [0.717, 1.165) is 12.0 Å². The van der Waals surface area contributed by atoms with Crippen molar-refractivity contribution in [2.45, 2.75) is 25.8 Å². The van der Waals surface area contributed by atoms with Crippen molar-refractivity contribution >= 4 is 11.9 Å². The summed E-state index contributed by atoms with van der Waals surface area (Å²) in [5.41, 5.74) is 7.86. The molecule has 0 saturated carbocycles. The lowest BCUT2D eigenvalue weighted by atomic mass is 10.1. The number of nitrogens with two attached hydrogens (primary N) is 1. The van der Waals surface area contributed by atoms with Gasteiger partial charge in [0, 0.05) is 13.6 Å². The van der Waals surface area contributed by atoms with Crippen molar-refractivity contribution in [1.82, 2.24) is 4.90 Å². The number of hydrogen-bond donors (Lipinski definition) is 2. The molecule has 0 aliphatic rings. The van der Waals surface area contributed by atoms with Crippen LogP contribution in [0.15, 0.2) is 24.3 Å². The van der Waals surface area contributed by atoms with Crippen molar-refractivity contribution in [1.29, 1.82) is 0 Å². The van der Waals surface area contributed by atoms with Gasteiger partial charge in [-0.1, -0.05) is 29.8 Å². The number of benzene rings is 1. The second-order valence-corrected chi connectivity index (χ2v) is 4.70. The van der Waals surface area contributed by atoms with Crippen molar-refractivity contribution in [2.75, 3.05) is 13.6 Å². The van der Waals surface area contributed by atoms with Crippen LogP contribution < -0.4 is 5.73 Å². The summed E-state index contributed by atoms with van der Waals surface area (Å²) in [6, 6.07) is 7.09. The Labute approximate surface area is 113 Å². The van der Waals surface area contributed by atoms with Gasteiger partial charge in [-0.15, -0.1) is 0 Å². The number of hydrogen-bond acceptors (Lipinski definition) is 3. The Bertz CT molecular complexity index is 460. The number of aryl methyl sites for hydroxylation is 1. The molecule has 0 radical (unpaired) electrons. The van der Waals surface area contributed by atoms with Gasteiger partial charge in [-0.05, 0) is 18.9 Å². The lowest BCUT2D eigenvalue weighted by Gasteiger charge is -2.20. The van der Waals surface area contributed by atoms with Gasteiger partial charge in [-0.3, -0.25) is 9.59 Å². The highest BCUT2D eigenvalue weighted by atomic mass is 16.4. The number of rotatable bonds is 6. The fourth-order valence-electron chi connectivity index (χ4n) is 1.83. The Balaban J connectivity index is 2.48. The Morgan fingerprint density at radius 3 is 2.68 bits per heavy atom. The number of nitrogens with zero attached hydrogens (tertiary/aromatic N) is 1. The minimum absolute atomic E-state index is 0.338. The smallest absolute Gasteiger partial charge is 0.305 e. The van der Waals surface area contributed by atoms with Crippen molar-refractivity contribution in [3.8, 4) is 0 Å². The van der Waals surface area contributed by atoms with Crippen LogP contribution in [0.3, 0.4) is 0 Å². The van der Waals surface area contributed by atoms with Crippen molar-refractivity contribution in [2.24, 2.45) is 5.73 Å². The molecule has 3 N–H and O–H groups in total. The van der Waals surface area contributed by atoms with E-state index in [9.17, 15) is 9.59 Å². The highest BCUT2D eigenvalue weighted by Crippen LogP contribution is 2.06. The van der Waals surface area contributed by atoms with E-state index < -0.39 is 12.0 Å². The molecule has 0 heterocycles. The second-order valence-electron chi connectivity index (χ2n) is 4.70. The highest BCUT2D eigenvalue weighted by molar-refractivity contribution is 5.85. The lowest BCUT2D eigenvalue weighted by molar-refractivity contribution is -0.141. The van der Waals surface area contributed by atoms with Crippen LogP contribution in [0, 0.1) is 6.92 Å². The predicted octanol–water partition coefficient (Wildman–Crippen LogP) is 0.798. The fraction of sp³-hybridized carbons (Fsp3) is 0.429. The number of aliphatic carboxylic acids is 1. The van der Waals surface area contributed by atoms with Crippen molar-refractivity contribution < 1.29 is 14.7 Å². The molecule has 0 fully saturated rings. The van der Waals surface area contributed by atoms with E-state index in [0.29, 0.717) is 6.54 Å². The normalized spacial score (nSPS) is 11.9. The van der Waals surface area contributed by atoms with Gasteiger partial charge in [-0.2, -0.15) is 0 Å². The molecule has 104 valence electrons. The van der Waals surface area contributed by atoms with E-state index >= 15 is 0 Å². The van der Waals surface area contributed by atoms with Crippen LogP contribution in [0.25, 0.3) is 0 Å². The minimum Gasteiger partial charge on any atom is -0.481 e. The zero-order valence-corrected chi connectivity index (χ0v) is 11.3. The van der Waals surface area contributed by atoms with E-state index in [1.54, 1.807) is 7.05 Å². The predicted molar refractivity (Wildman–Crippen MR) is 72.7 cm³/mol. The zero-order chi connectivity index (χ0) is 14.4. The summed E-state index contributed by atoms with van der Waals surface area (Å²) in [4.78, 5) is 23.8. The van der Waals surface area contributed by atoms with Crippen LogP contribution >= 0.6 is 0 Å². The summed E-state index contributed by atoms with van der Waals surface area (Å²) in [5.74, 6) is -1.40. The van der Waals surface area contributed by atoms with E-state index in [1.807, 2.05) is 25.1 Å². The van der Waals surface area contributed by atoms with Gasteiger partial charge in [-0.25, -0.2) is 0 Å². The van der Waals surface area contributed by atoms with Gasteiger partial charge < -0.3 is 15.7 Å². The van der Waals surface area contributed by atoms with Gasteiger partial charge in [0.1, 0.15) is 0 Å². The third-order valence-electron chi connectivity index (χ3n) is 2.91. The third-order valence-corrected chi connectivity index (χ3v) is 2.91. The maximum atomic E-state index is 11.8.